The van der Waals surface area contributed by atoms with Gasteiger partial charge in [0, 0.05) is 16.8 Å². The highest BCUT2D eigenvalue weighted by atomic mass is 32.1. The number of benzene rings is 1. The lowest BCUT2D eigenvalue weighted by molar-refractivity contribution is -0.135. The normalized spacial score (nSPS) is 16.0. The van der Waals surface area contributed by atoms with Crippen molar-refractivity contribution < 1.29 is 19.1 Å². The van der Waals surface area contributed by atoms with Crippen molar-refractivity contribution in [3.05, 3.63) is 68.8 Å². The lowest BCUT2D eigenvalue weighted by Gasteiger charge is -2.23. The first-order valence-electron chi connectivity index (χ1n) is 9.30. The molecule has 1 atom stereocenters. The standard InChI is InChI=1S/C21H20N2O4S2/c24-20(23-8-2-6-18(23)19-7-3-9-29-19)12-27-21(25)15-4-1-5-17(10-15)26-11-16-13-28-14-22-16/h1,3-5,7,9-10,13-14,18H,2,6,8,11-12H2. The highest BCUT2D eigenvalue weighted by Crippen LogP contribution is 2.34. The first-order chi connectivity index (χ1) is 14.2. The zero-order valence-corrected chi connectivity index (χ0v) is 17.3. The fourth-order valence-electron chi connectivity index (χ4n) is 3.31. The maximum absolute atomic E-state index is 12.6. The van der Waals surface area contributed by atoms with Crippen molar-refractivity contribution in [3.63, 3.8) is 0 Å². The quantitative estimate of drug-likeness (QED) is 0.525. The van der Waals surface area contributed by atoms with E-state index in [0.29, 0.717) is 24.5 Å². The summed E-state index contributed by atoms with van der Waals surface area (Å²) in [6.45, 7) is 0.767. The van der Waals surface area contributed by atoms with Crippen LogP contribution in [0.2, 0.25) is 0 Å². The molecule has 1 unspecified atom stereocenters. The number of nitrogens with zero attached hydrogens (tertiary/aromatic N) is 2. The van der Waals surface area contributed by atoms with Gasteiger partial charge in [-0.15, -0.1) is 22.7 Å². The Kier molecular flexibility index (Phi) is 6.21. The van der Waals surface area contributed by atoms with Crippen LogP contribution in [-0.4, -0.2) is 34.9 Å². The molecule has 1 aromatic carbocycles. The van der Waals surface area contributed by atoms with Crippen LogP contribution in [0.1, 0.15) is 39.8 Å². The molecule has 8 heteroatoms. The van der Waals surface area contributed by atoms with Crippen LogP contribution in [0, 0.1) is 0 Å². The molecule has 0 radical (unpaired) electrons. The minimum absolute atomic E-state index is 0.0867. The van der Waals surface area contributed by atoms with E-state index in [4.69, 9.17) is 9.47 Å². The van der Waals surface area contributed by atoms with Crippen LogP contribution in [0.4, 0.5) is 0 Å². The number of hydrogen-bond donors (Lipinski definition) is 0. The second kappa shape index (κ2) is 9.19. The fourth-order valence-corrected chi connectivity index (χ4v) is 4.73. The van der Waals surface area contributed by atoms with E-state index in [9.17, 15) is 9.59 Å². The minimum atomic E-state index is -0.538. The van der Waals surface area contributed by atoms with Crippen molar-refractivity contribution in [2.24, 2.45) is 0 Å². The second-order valence-electron chi connectivity index (χ2n) is 6.63. The average Bonchev–Trinajstić information content (AvgIpc) is 3.51. The summed E-state index contributed by atoms with van der Waals surface area (Å²) in [6.07, 6.45) is 1.90. The van der Waals surface area contributed by atoms with E-state index in [1.807, 2.05) is 27.8 Å². The third kappa shape index (κ3) is 4.83. The van der Waals surface area contributed by atoms with Gasteiger partial charge in [0.15, 0.2) is 6.61 Å². The Morgan fingerprint density at radius 1 is 1.24 bits per heavy atom. The molecular weight excluding hydrogens is 408 g/mol. The third-order valence-electron chi connectivity index (χ3n) is 4.71. The van der Waals surface area contributed by atoms with Gasteiger partial charge in [-0.25, -0.2) is 9.78 Å². The summed E-state index contributed by atoms with van der Waals surface area (Å²) in [5.41, 5.74) is 2.93. The molecule has 6 nitrogen and oxygen atoms in total. The van der Waals surface area contributed by atoms with E-state index in [2.05, 4.69) is 4.98 Å². The topological polar surface area (TPSA) is 68.7 Å². The molecule has 0 bridgehead atoms. The Labute approximate surface area is 176 Å². The van der Waals surface area contributed by atoms with Crippen molar-refractivity contribution in [1.82, 2.24) is 9.88 Å². The molecule has 1 aliphatic rings. The summed E-state index contributed by atoms with van der Waals surface area (Å²) in [6, 6.07) is 10.9. The number of rotatable bonds is 7. The van der Waals surface area contributed by atoms with Gasteiger partial charge in [0.2, 0.25) is 0 Å². The predicted molar refractivity (Wildman–Crippen MR) is 111 cm³/mol. The first kappa shape index (κ1) is 19.6. The van der Waals surface area contributed by atoms with Crippen molar-refractivity contribution in [2.45, 2.75) is 25.5 Å². The van der Waals surface area contributed by atoms with Crippen LogP contribution >= 0.6 is 22.7 Å². The summed E-state index contributed by atoms with van der Waals surface area (Å²) in [5.74, 6) is -0.148. The number of carbonyl (C=O) groups excluding carboxylic acids is 2. The number of amides is 1. The molecule has 29 heavy (non-hydrogen) atoms. The van der Waals surface area contributed by atoms with Crippen LogP contribution in [0.25, 0.3) is 0 Å². The summed E-state index contributed by atoms with van der Waals surface area (Å²) in [4.78, 5) is 32.2. The number of esters is 1. The zero-order chi connectivity index (χ0) is 20.1. The van der Waals surface area contributed by atoms with Gasteiger partial charge in [-0.3, -0.25) is 4.79 Å². The van der Waals surface area contributed by atoms with Gasteiger partial charge in [-0.1, -0.05) is 12.1 Å². The molecule has 2 aromatic heterocycles. The third-order valence-corrected chi connectivity index (χ3v) is 6.32. The predicted octanol–water partition coefficient (Wildman–Crippen LogP) is 4.30. The number of aromatic nitrogens is 1. The van der Waals surface area contributed by atoms with Crippen molar-refractivity contribution in [3.8, 4) is 5.75 Å². The van der Waals surface area contributed by atoms with Gasteiger partial charge in [-0.2, -0.15) is 0 Å². The molecular formula is C21H20N2O4S2. The summed E-state index contributed by atoms with van der Waals surface area (Å²) < 4.78 is 10.9. The van der Waals surface area contributed by atoms with Crippen LogP contribution < -0.4 is 4.74 Å². The Morgan fingerprint density at radius 3 is 2.97 bits per heavy atom. The monoisotopic (exact) mass is 428 g/mol. The van der Waals surface area contributed by atoms with Gasteiger partial charge >= 0.3 is 5.97 Å². The maximum Gasteiger partial charge on any atom is 0.338 e. The highest BCUT2D eigenvalue weighted by Gasteiger charge is 2.31. The second-order valence-corrected chi connectivity index (χ2v) is 8.33. The van der Waals surface area contributed by atoms with E-state index in [1.54, 1.807) is 41.1 Å². The lowest BCUT2D eigenvalue weighted by atomic mass is 10.2. The molecule has 4 rings (SSSR count). The van der Waals surface area contributed by atoms with Gasteiger partial charge in [0.1, 0.15) is 12.4 Å². The molecule has 0 spiro atoms. The molecule has 1 fully saturated rings. The van der Waals surface area contributed by atoms with Crippen molar-refractivity contribution in [1.29, 1.82) is 0 Å². The first-order valence-corrected chi connectivity index (χ1v) is 11.1. The maximum atomic E-state index is 12.6. The molecule has 0 aliphatic carbocycles. The lowest BCUT2D eigenvalue weighted by Crippen LogP contribution is -2.34. The Balaban J connectivity index is 1.32. The van der Waals surface area contributed by atoms with E-state index >= 15 is 0 Å². The van der Waals surface area contributed by atoms with E-state index in [0.717, 1.165) is 18.5 Å². The van der Waals surface area contributed by atoms with Gasteiger partial charge in [0.25, 0.3) is 5.91 Å². The van der Waals surface area contributed by atoms with Gasteiger partial charge in [-0.05, 0) is 42.5 Å². The Hall–Kier alpha value is -2.71. The number of thiazole rings is 1. The Morgan fingerprint density at radius 2 is 2.17 bits per heavy atom. The number of thiophene rings is 1. The molecule has 1 amide bonds. The molecule has 1 aliphatic heterocycles. The number of likely N-dealkylation sites (tertiary alicyclic amines) is 1. The van der Waals surface area contributed by atoms with E-state index < -0.39 is 5.97 Å². The van der Waals surface area contributed by atoms with Crippen molar-refractivity contribution >= 4 is 34.6 Å². The largest absolute Gasteiger partial charge is 0.487 e. The van der Waals surface area contributed by atoms with E-state index in [1.165, 1.54) is 16.2 Å². The summed E-state index contributed by atoms with van der Waals surface area (Å²) in [5, 5.41) is 3.92. The molecule has 150 valence electrons. The van der Waals surface area contributed by atoms with Gasteiger partial charge in [0.05, 0.1) is 22.8 Å². The minimum Gasteiger partial charge on any atom is -0.487 e. The highest BCUT2D eigenvalue weighted by molar-refractivity contribution is 7.10. The number of hydrogen-bond acceptors (Lipinski definition) is 7. The molecule has 1 saturated heterocycles. The summed E-state index contributed by atoms with van der Waals surface area (Å²) >= 11 is 3.15. The molecule has 3 aromatic rings. The fraction of sp³-hybridized carbons (Fsp3) is 0.286. The van der Waals surface area contributed by atoms with Gasteiger partial charge < -0.3 is 14.4 Å². The smallest absolute Gasteiger partial charge is 0.338 e. The van der Waals surface area contributed by atoms with Crippen LogP contribution in [0.5, 0.6) is 5.75 Å². The molecule has 3 heterocycles. The molecule has 0 N–H and O–H groups in total. The zero-order valence-electron chi connectivity index (χ0n) is 15.7. The Bertz CT molecular complexity index is 957. The average molecular weight is 429 g/mol. The number of ether oxygens (including phenoxy) is 2. The summed E-state index contributed by atoms with van der Waals surface area (Å²) in [7, 11) is 0. The van der Waals surface area contributed by atoms with E-state index in [-0.39, 0.29) is 18.6 Å². The van der Waals surface area contributed by atoms with Crippen LogP contribution in [0.15, 0.2) is 52.7 Å². The van der Waals surface area contributed by atoms with Crippen LogP contribution in [-0.2, 0) is 16.1 Å². The van der Waals surface area contributed by atoms with Crippen molar-refractivity contribution in [2.75, 3.05) is 13.2 Å². The SMILES string of the molecule is O=C(OCC(=O)N1CCCC1c1cccs1)c1cccc(OCc2cscn2)c1. The van der Waals surface area contributed by atoms with Crippen LogP contribution in [0.3, 0.4) is 0 Å². The number of carbonyl (C=O) groups is 2. The molecule has 0 saturated carbocycles.